The summed E-state index contributed by atoms with van der Waals surface area (Å²) in [4.78, 5) is 24.6. The minimum Gasteiger partial charge on any atom is -0.321 e. The van der Waals surface area contributed by atoms with Crippen LogP contribution in [0.5, 0.6) is 0 Å². The SMILES string of the molecule is Cc1cc(C)cc(NC(=O)C[n+]2ccc(C(=O)c3ccccc3)cc2)c1. The Hall–Kier alpha value is -3.27. The number of benzene rings is 2. The van der Waals surface area contributed by atoms with Gasteiger partial charge in [-0.3, -0.25) is 9.59 Å². The summed E-state index contributed by atoms with van der Waals surface area (Å²) >= 11 is 0. The Bertz CT molecular complexity index is 912. The molecule has 3 aromatic rings. The van der Waals surface area contributed by atoms with Gasteiger partial charge in [-0.25, -0.2) is 0 Å². The van der Waals surface area contributed by atoms with Crippen molar-refractivity contribution in [2.75, 3.05) is 5.32 Å². The monoisotopic (exact) mass is 345 g/mol. The third-order valence-electron chi connectivity index (χ3n) is 4.02. The first-order valence-corrected chi connectivity index (χ1v) is 8.48. The van der Waals surface area contributed by atoms with Crippen molar-refractivity contribution < 1.29 is 14.2 Å². The first-order valence-electron chi connectivity index (χ1n) is 8.48. The van der Waals surface area contributed by atoms with E-state index in [-0.39, 0.29) is 18.2 Å². The number of carbonyl (C=O) groups is 2. The van der Waals surface area contributed by atoms with E-state index < -0.39 is 0 Å². The van der Waals surface area contributed by atoms with Gasteiger partial charge in [0, 0.05) is 28.9 Å². The van der Waals surface area contributed by atoms with E-state index in [9.17, 15) is 9.59 Å². The second-order valence-electron chi connectivity index (χ2n) is 6.38. The molecule has 1 heterocycles. The summed E-state index contributed by atoms with van der Waals surface area (Å²) < 4.78 is 1.75. The average molecular weight is 345 g/mol. The normalized spacial score (nSPS) is 10.4. The molecule has 0 bridgehead atoms. The zero-order chi connectivity index (χ0) is 18.5. The predicted octanol–water partition coefficient (Wildman–Crippen LogP) is 3.46. The number of aryl methyl sites for hydroxylation is 2. The average Bonchev–Trinajstić information content (AvgIpc) is 2.61. The molecule has 4 nitrogen and oxygen atoms in total. The largest absolute Gasteiger partial charge is 0.321 e. The molecule has 0 aliphatic carbocycles. The lowest BCUT2D eigenvalue weighted by Crippen LogP contribution is -2.39. The summed E-state index contributed by atoms with van der Waals surface area (Å²) in [7, 11) is 0. The van der Waals surface area contributed by atoms with Crippen molar-refractivity contribution in [3.63, 3.8) is 0 Å². The maximum atomic E-state index is 12.4. The standard InChI is InChI=1S/C22H20N2O2/c1-16-12-17(2)14-20(13-16)23-21(25)15-24-10-8-19(9-11-24)22(26)18-6-4-3-5-7-18/h3-14H,15H2,1-2H3/p+1. The second-order valence-corrected chi connectivity index (χ2v) is 6.38. The van der Waals surface area contributed by atoms with Crippen LogP contribution in [-0.2, 0) is 11.3 Å². The van der Waals surface area contributed by atoms with Gasteiger partial charge in [-0.15, -0.1) is 0 Å². The van der Waals surface area contributed by atoms with Crippen LogP contribution in [0.1, 0.15) is 27.0 Å². The van der Waals surface area contributed by atoms with Crippen molar-refractivity contribution in [1.29, 1.82) is 0 Å². The Balaban J connectivity index is 1.65. The van der Waals surface area contributed by atoms with E-state index in [4.69, 9.17) is 0 Å². The van der Waals surface area contributed by atoms with E-state index in [2.05, 4.69) is 11.4 Å². The topological polar surface area (TPSA) is 50.1 Å². The fourth-order valence-corrected chi connectivity index (χ4v) is 2.88. The van der Waals surface area contributed by atoms with Crippen molar-refractivity contribution in [2.24, 2.45) is 0 Å². The zero-order valence-electron chi connectivity index (χ0n) is 14.9. The number of anilines is 1. The molecule has 3 rings (SSSR count). The van der Waals surface area contributed by atoms with E-state index in [1.54, 1.807) is 41.2 Å². The summed E-state index contributed by atoms with van der Waals surface area (Å²) in [5.41, 5.74) is 4.26. The molecule has 0 saturated carbocycles. The van der Waals surface area contributed by atoms with Crippen molar-refractivity contribution >= 4 is 17.4 Å². The van der Waals surface area contributed by atoms with Crippen LogP contribution in [0.2, 0.25) is 0 Å². The highest BCUT2D eigenvalue weighted by molar-refractivity contribution is 6.08. The zero-order valence-corrected chi connectivity index (χ0v) is 14.9. The van der Waals surface area contributed by atoms with E-state index in [1.165, 1.54) is 0 Å². The number of aromatic nitrogens is 1. The molecular weight excluding hydrogens is 324 g/mol. The fourth-order valence-electron chi connectivity index (χ4n) is 2.88. The van der Waals surface area contributed by atoms with Gasteiger partial charge in [-0.05, 0) is 37.1 Å². The van der Waals surface area contributed by atoms with Crippen molar-refractivity contribution in [3.8, 4) is 0 Å². The van der Waals surface area contributed by atoms with Gasteiger partial charge in [0.05, 0.1) is 0 Å². The lowest BCUT2D eigenvalue weighted by Gasteiger charge is -2.06. The molecule has 1 aromatic heterocycles. The van der Waals surface area contributed by atoms with E-state index in [1.807, 2.05) is 44.2 Å². The Morgan fingerprint density at radius 2 is 1.42 bits per heavy atom. The molecule has 0 atom stereocenters. The summed E-state index contributed by atoms with van der Waals surface area (Å²) in [5.74, 6) is -0.139. The van der Waals surface area contributed by atoms with Crippen LogP contribution < -0.4 is 9.88 Å². The molecule has 0 spiro atoms. The van der Waals surface area contributed by atoms with E-state index in [0.29, 0.717) is 11.1 Å². The highest BCUT2D eigenvalue weighted by atomic mass is 16.2. The molecule has 4 heteroatoms. The Morgan fingerprint density at radius 1 is 0.846 bits per heavy atom. The highest BCUT2D eigenvalue weighted by Crippen LogP contribution is 2.13. The molecular formula is C22H21N2O2+. The van der Waals surface area contributed by atoms with Crippen LogP contribution in [0, 0.1) is 13.8 Å². The molecule has 0 saturated heterocycles. The number of nitrogens with one attached hydrogen (secondary N) is 1. The van der Waals surface area contributed by atoms with Crippen molar-refractivity contribution in [3.05, 3.63) is 95.3 Å². The number of hydrogen-bond acceptors (Lipinski definition) is 2. The van der Waals surface area contributed by atoms with Gasteiger partial charge in [0.1, 0.15) is 0 Å². The highest BCUT2D eigenvalue weighted by Gasteiger charge is 2.13. The van der Waals surface area contributed by atoms with Crippen LogP contribution in [0.15, 0.2) is 73.1 Å². The molecule has 2 aromatic carbocycles. The smallest absolute Gasteiger partial charge is 0.290 e. The second kappa shape index (κ2) is 7.74. The van der Waals surface area contributed by atoms with Gasteiger partial charge in [-0.1, -0.05) is 36.4 Å². The molecule has 0 radical (unpaired) electrons. The van der Waals surface area contributed by atoms with Crippen LogP contribution in [-0.4, -0.2) is 11.7 Å². The third-order valence-corrected chi connectivity index (χ3v) is 4.02. The quantitative estimate of drug-likeness (QED) is 0.569. The number of amides is 1. The van der Waals surface area contributed by atoms with Gasteiger partial charge in [0.25, 0.3) is 5.91 Å². The number of carbonyl (C=O) groups excluding carboxylic acids is 2. The van der Waals surface area contributed by atoms with Crippen LogP contribution >= 0.6 is 0 Å². The van der Waals surface area contributed by atoms with Crippen molar-refractivity contribution in [2.45, 2.75) is 20.4 Å². The maximum absolute atomic E-state index is 12.4. The molecule has 1 N–H and O–H groups in total. The number of rotatable bonds is 5. The minimum absolute atomic E-state index is 0.0302. The van der Waals surface area contributed by atoms with Gasteiger partial charge in [0.15, 0.2) is 18.2 Å². The Labute approximate surface area is 153 Å². The molecule has 0 fully saturated rings. The first-order chi connectivity index (χ1) is 12.5. The summed E-state index contributed by atoms with van der Waals surface area (Å²) in [6, 6.07) is 18.6. The summed E-state index contributed by atoms with van der Waals surface area (Å²) in [6.45, 7) is 4.19. The first kappa shape index (κ1) is 17.5. The van der Waals surface area contributed by atoms with E-state index in [0.717, 1.165) is 16.8 Å². The lowest BCUT2D eigenvalue weighted by molar-refractivity contribution is -0.684. The molecule has 130 valence electrons. The molecule has 0 aliphatic heterocycles. The maximum Gasteiger partial charge on any atom is 0.290 e. The predicted molar refractivity (Wildman–Crippen MR) is 101 cm³/mol. The number of hydrogen-bond donors (Lipinski definition) is 1. The summed E-state index contributed by atoms with van der Waals surface area (Å²) in [6.07, 6.45) is 3.49. The van der Waals surface area contributed by atoms with Crippen molar-refractivity contribution in [1.82, 2.24) is 0 Å². The van der Waals surface area contributed by atoms with Crippen LogP contribution in [0.3, 0.4) is 0 Å². The molecule has 0 aliphatic rings. The number of nitrogens with zero attached hydrogens (tertiary/aromatic N) is 1. The van der Waals surface area contributed by atoms with E-state index >= 15 is 0 Å². The van der Waals surface area contributed by atoms with Crippen LogP contribution in [0.4, 0.5) is 5.69 Å². The fraction of sp³-hybridized carbons (Fsp3) is 0.136. The summed E-state index contributed by atoms with van der Waals surface area (Å²) in [5, 5.41) is 2.91. The molecule has 1 amide bonds. The van der Waals surface area contributed by atoms with Crippen LogP contribution in [0.25, 0.3) is 0 Å². The number of ketones is 1. The van der Waals surface area contributed by atoms with Gasteiger partial charge in [0.2, 0.25) is 6.54 Å². The Morgan fingerprint density at radius 3 is 2.04 bits per heavy atom. The third kappa shape index (κ3) is 4.42. The van der Waals surface area contributed by atoms with Gasteiger partial charge in [-0.2, -0.15) is 4.57 Å². The minimum atomic E-state index is -0.109. The Kier molecular flexibility index (Phi) is 5.23. The molecule has 26 heavy (non-hydrogen) atoms. The van der Waals surface area contributed by atoms with Gasteiger partial charge >= 0.3 is 0 Å². The van der Waals surface area contributed by atoms with Gasteiger partial charge < -0.3 is 5.32 Å². The lowest BCUT2D eigenvalue weighted by atomic mass is 10.0. The number of pyridine rings is 1. The molecule has 0 unspecified atom stereocenters.